The molecule has 0 heterocycles. The van der Waals surface area contributed by atoms with Crippen LogP contribution in [0.4, 0.5) is 0 Å². The van der Waals surface area contributed by atoms with Gasteiger partial charge in [0, 0.05) is 12.5 Å². The Morgan fingerprint density at radius 1 is 1.43 bits per heavy atom. The highest BCUT2D eigenvalue weighted by atomic mass is 16.7. The molecule has 0 aliphatic rings. The number of nitrogens with one attached hydrogen (secondary N) is 1. The van der Waals surface area contributed by atoms with Gasteiger partial charge in [0.05, 0.1) is 5.60 Å². The monoisotopic (exact) mass is 202 g/mol. The number of hydrogen-bond donors (Lipinski definition) is 2. The standard InChI is InChI=1S/C10H22N2O2/c1-7(2)8(11)6-9(13)12-14-10(3,4)5/h7-8H,6,11H2,1-5H3,(H,12,13). The number of rotatable bonds is 4. The molecule has 84 valence electrons. The second kappa shape index (κ2) is 5.32. The summed E-state index contributed by atoms with van der Waals surface area (Å²) in [5, 5.41) is 0. The highest BCUT2D eigenvalue weighted by molar-refractivity contribution is 5.75. The lowest BCUT2D eigenvalue weighted by Crippen LogP contribution is -2.38. The van der Waals surface area contributed by atoms with Gasteiger partial charge in [-0.2, -0.15) is 0 Å². The molecule has 0 aliphatic heterocycles. The fraction of sp³-hybridized carbons (Fsp3) is 0.900. The van der Waals surface area contributed by atoms with E-state index in [9.17, 15) is 4.79 Å². The number of carbonyl (C=O) groups is 1. The molecule has 0 saturated heterocycles. The molecular weight excluding hydrogens is 180 g/mol. The molecule has 1 atom stereocenters. The molecule has 0 aliphatic carbocycles. The molecule has 4 heteroatoms. The summed E-state index contributed by atoms with van der Waals surface area (Å²) < 4.78 is 0. The first-order chi connectivity index (χ1) is 6.22. The van der Waals surface area contributed by atoms with Crippen LogP contribution in [-0.4, -0.2) is 17.6 Å². The molecule has 0 aromatic heterocycles. The Balaban J connectivity index is 3.77. The highest BCUT2D eigenvalue weighted by Crippen LogP contribution is 2.05. The zero-order valence-electron chi connectivity index (χ0n) is 9.76. The fourth-order valence-corrected chi connectivity index (χ4v) is 0.701. The van der Waals surface area contributed by atoms with Gasteiger partial charge in [-0.05, 0) is 26.7 Å². The van der Waals surface area contributed by atoms with Gasteiger partial charge >= 0.3 is 0 Å². The molecule has 1 amide bonds. The predicted octanol–water partition coefficient (Wildman–Crippen LogP) is 1.21. The molecule has 0 saturated carbocycles. The fourth-order valence-electron chi connectivity index (χ4n) is 0.701. The minimum Gasteiger partial charge on any atom is -0.327 e. The third-order valence-corrected chi connectivity index (χ3v) is 1.75. The average Bonchev–Trinajstić information content (AvgIpc) is 1.99. The Morgan fingerprint density at radius 2 is 1.93 bits per heavy atom. The van der Waals surface area contributed by atoms with Gasteiger partial charge in [0.1, 0.15) is 0 Å². The first-order valence-corrected chi connectivity index (χ1v) is 4.95. The second-order valence-corrected chi connectivity index (χ2v) is 4.85. The van der Waals surface area contributed by atoms with Crippen molar-refractivity contribution in [2.45, 2.75) is 52.7 Å². The van der Waals surface area contributed by atoms with E-state index in [0.717, 1.165) is 0 Å². The number of hydrogen-bond acceptors (Lipinski definition) is 3. The van der Waals surface area contributed by atoms with E-state index in [0.29, 0.717) is 12.3 Å². The van der Waals surface area contributed by atoms with Gasteiger partial charge in [0.25, 0.3) is 0 Å². The number of hydroxylamine groups is 1. The Labute approximate surface area is 86.1 Å². The van der Waals surface area contributed by atoms with E-state index in [1.54, 1.807) is 0 Å². The largest absolute Gasteiger partial charge is 0.327 e. The lowest BCUT2D eigenvalue weighted by Gasteiger charge is -2.20. The smallest absolute Gasteiger partial charge is 0.245 e. The van der Waals surface area contributed by atoms with Gasteiger partial charge in [-0.3, -0.25) is 9.63 Å². The van der Waals surface area contributed by atoms with E-state index in [1.807, 2.05) is 34.6 Å². The molecule has 0 aromatic carbocycles. The average molecular weight is 202 g/mol. The van der Waals surface area contributed by atoms with Crippen LogP contribution in [0.5, 0.6) is 0 Å². The minimum atomic E-state index is -0.364. The third-order valence-electron chi connectivity index (χ3n) is 1.75. The first-order valence-electron chi connectivity index (χ1n) is 4.95. The first kappa shape index (κ1) is 13.4. The quantitative estimate of drug-likeness (QED) is 0.673. The van der Waals surface area contributed by atoms with Gasteiger partial charge in [-0.1, -0.05) is 13.8 Å². The summed E-state index contributed by atoms with van der Waals surface area (Å²) in [5.74, 6) is 0.136. The van der Waals surface area contributed by atoms with Crippen LogP contribution >= 0.6 is 0 Å². The highest BCUT2D eigenvalue weighted by Gasteiger charge is 2.16. The van der Waals surface area contributed by atoms with Crippen molar-refractivity contribution in [1.82, 2.24) is 5.48 Å². The van der Waals surface area contributed by atoms with Crippen LogP contribution in [0.1, 0.15) is 41.0 Å². The van der Waals surface area contributed by atoms with E-state index < -0.39 is 0 Å². The van der Waals surface area contributed by atoms with Crippen molar-refractivity contribution in [1.29, 1.82) is 0 Å². The summed E-state index contributed by atoms with van der Waals surface area (Å²) >= 11 is 0. The molecule has 1 unspecified atom stereocenters. The van der Waals surface area contributed by atoms with Crippen molar-refractivity contribution >= 4 is 5.91 Å². The zero-order chi connectivity index (χ0) is 11.4. The van der Waals surface area contributed by atoms with E-state index in [1.165, 1.54) is 0 Å². The van der Waals surface area contributed by atoms with E-state index in [2.05, 4.69) is 5.48 Å². The number of carbonyl (C=O) groups excluding carboxylic acids is 1. The Morgan fingerprint density at radius 3 is 2.29 bits per heavy atom. The van der Waals surface area contributed by atoms with Crippen molar-refractivity contribution in [2.24, 2.45) is 11.7 Å². The topological polar surface area (TPSA) is 64.4 Å². The van der Waals surface area contributed by atoms with Crippen LogP contribution in [0.25, 0.3) is 0 Å². The molecule has 3 N–H and O–H groups in total. The Bertz CT molecular complexity index is 185. The van der Waals surface area contributed by atoms with E-state index in [4.69, 9.17) is 10.6 Å². The third kappa shape index (κ3) is 6.86. The summed E-state index contributed by atoms with van der Waals surface area (Å²) in [5.41, 5.74) is 7.77. The molecule has 0 radical (unpaired) electrons. The molecule has 0 spiro atoms. The SMILES string of the molecule is CC(C)C(N)CC(=O)NOC(C)(C)C. The molecule has 0 aromatic rings. The molecule has 0 fully saturated rings. The molecule has 4 nitrogen and oxygen atoms in total. The Kier molecular flexibility index (Phi) is 5.08. The molecule has 0 rings (SSSR count). The maximum atomic E-state index is 11.3. The van der Waals surface area contributed by atoms with Crippen molar-refractivity contribution in [3.05, 3.63) is 0 Å². The van der Waals surface area contributed by atoms with Crippen LogP contribution in [0.15, 0.2) is 0 Å². The summed E-state index contributed by atoms with van der Waals surface area (Å²) in [4.78, 5) is 16.4. The normalized spacial score (nSPS) is 14.2. The maximum Gasteiger partial charge on any atom is 0.245 e. The van der Waals surface area contributed by atoms with Crippen molar-refractivity contribution in [2.75, 3.05) is 0 Å². The summed E-state index contributed by atoms with van der Waals surface area (Å²) in [6, 6.07) is -0.112. The predicted molar refractivity (Wildman–Crippen MR) is 56.4 cm³/mol. The van der Waals surface area contributed by atoms with Crippen molar-refractivity contribution in [3.8, 4) is 0 Å². The minimum absolute atomic E-state index is 0.112. The van der Waals surface area contributed by atoms with Gasteiger partial charge in [-0.15, -0.1) is 0 Å². The number of nitrogens with two attached hydrogens (primary N) is 1. The lowest BCUT2D eigenvalue weighted by molar-refractivity contribution is -0.146. The van der Waals surface area contributed by atoms with Crippen LogP contribution in [0.2, 0.25) is 0 Å². The van der Waals surface area contributed by atoms with Crippen LogP contribution in [0.3, 0.4) is 0 Å². The van der Waals surface area contributed by atoms with E-state index >= 15 is 0 Å². The summed E-state index contributed by atoms with van der Waals surface area (Å²) in [7, 11) is 0. The van der Waals surface area contributed by atoms with Gasteiger partial charge < -0.3 is 5.73 Å². The van der Waals surface area contributed by atoms with Crippen LogP contribution < -0.4 is 11.2 Å². The van der Waals surface area contributed by atoms with Crippen LogP contribution in [0, 0.1) is 5.92 Å². The van der Waals surface area contributed by atoms with E-state index in [-0.39, 0.29) is 17.6 Å². The van der Waals surface area contributed by atoms with Gasteiger partial charge in [0.2, 0.25) is 5.91 Å². The van der Waals surface area contributed by atoms with Crippen molar-refractivity contribution in [3.63, 3.8) is 0 Å². The number of amides is 1. The molecule has 14 heavy (non-hydrogen) atoms. The lowest BCUT2D eigenvalue weighted by atomic mass is 10.0. The van der Waals surface area contributed by atoms with Crippen molar-refractivity contribution < 1.29 is 9.63 Å². The molecular formula is C10H22N2O2. The van der Waals surface area contributed by atoms with Crippen LogP contribution in [-0.2, 0) is 9.63 Å². The van der Waals surface area contributed by atoms with Gasteiger partial charge in [0.15, 0.2) is 0 Å². The second-order valence-electron chi connectivity index (χ2n) is 4.85. The summed E-state index contributed by atoms with van der Waals surface area (Å²) in [6.45, 7) is 9.59. The Hall–Kier alpha value is -0.610. The zero-order valence-corrected chi connectivity index (χ0v) is 9.76. The summed E-state index contributed by atoms with van der Waals surface area (Å²) in [6.07, 6.45) is 0.299. The molecule has 0 bridgehead atoms. The maximum absolute atomic E-state index is 11.3. The van der Waals surface area contributed by atoms with Gasteiger partial charge in [-0.25, -0.2) is 5.48 Å².